The molecular formula is C8H14ClN5O. The summed E-state index contributed by atoms with van der Waals surface area (Å²) < 4.78 is 0. The van der Waals surface area contributed by atoms with Crippen LogP contribution in [-0.2, 0) is 0 Å². The number of hydrogen-bond acceptors (Lipinski definition) is 6. The van der Waals surface area contributed by atoms with Gasteiger partial charge in [-0.2, -0.15) is 4.98 Å². The molecule has 0 aliphatic heterocycles. The van der Waals surface area contributed by atoms with Crippen molar-refractivity contribution in [2.24, 2.45) is 5.84 Å². The van der Waals surface area contributed by atoms with Crippen LogP contribution in [0.15, 0.2) is 6.20 Å². The second kappa shape index (κ2) is 4.61. The minimum absolute atomic E-state index is 0.262. The van der Waals surface area contributed by atoms with Crippen LogP contribution in [0.4, 0.5) is 11.8 Å². The van der Waals surface area contributed by atoms with Gasteiger partial charge in [-0.1, -0.05) is 11.6 Å². The van der Waals surface area contributed by atoms with Crippen LogP contribution in [0.5, 0.6) is 0 Å². The largest absolute Gasteiger partial charge is 0.389 e. The van der Waals surface area contributed by atoms with Crippen molar-refractivity contribution >= 4 is 23.4 Å². The van der Waals surface area contributed by atoms with E-state index >= 15 is 0 Å². The summed E-state index contributed by atoms with van der Waals surface area (Å²) in [6.07, 6.45) is 1.43. The molecule has 1 heterocycles. The van der Waals surface area contributed by atoms with Gasteiger partial charge in [-0.3, -0.25) is 5.43 Å². The smallest absolute Gasteiger partial charge is 0.239 e. The van der Waals surface area contributed by atoms with Gasteiger partial charge >= 0.3 is 0 Å². The van der Waals surface area contributed by atoms with E-state index in [0.717, 1.165) is 0 Å². The van der Waals surface area contributed by atoms with Crippen LogP contribution < -0.4 is 16.6 Å². The lowest BCUT2D eigenvalue weighted by atomic mass is 10.1. The Morgan fingerprint density at radius 3 is 2.80 bits per heavy atom. The van der Waals surface area contributed by atoms with Gasteiger partial charge in [0, 0.05) is 6.54 Å². The summed E-state index contributed by atoms with van der Waals surface area (Å²) in [6.45, 7) is 3.68. The molecular weight excluding hydrogens is 218 g/mol. The van der Waals surface area contributed by atoms with Gasteiger partial charge < -0.3 is 10.4 Å². The summed E-state index contributed by atoms with van der Waals surface area (Å²) in [5.74, 6) is 5.85. The highest BCUT2D eigenvalue weighted by atomic mass is 35.5. The zero-order valence-electron chi connectivity index (χ0n) is 8.58. The number of hydrogen-bond donors (Lipinski definition) is 4. The maximum absolute atomic E-state index is 9.51. The third kappa shape index (κ3) is 3.86. The molecule has 0 saturated carbocycles. The second-order valence-corrected chi connectivity index (χ2v) is 4.11. The molecule has 0 amide bonds. The van der Waals surface area contributed by atoms with Crippen LogP contribution in [0.3, 0.4) is 0 Å². The average molecular weight is 232 g/mol. The first-order chi connectivity index (χ1) is 6.92. The predicted octanol–water partition coefficient (Wildman–Crippen LogP) is 0.598. The summed E-state index contributed by atoms with van der Waals surface area (Å²) in [4.78, 5) is 7.81. The number of anilines is 2. The highest BCUT2D eigenvalue weighted by molar-refractivity contribution is 6.32. The van der Waals surface area contributed by atoms with Crippen molar-refractivity contribution in [3.63, 3.8) is 0 Å². The van der Waals surface area contributed by atoms with Crippen molar-refractivity contribution in [2.75, 3.05) is 17.3 Å². The molecule has 0 aliphatic rings. The number of nitrogen functional groups attached to an aromatic ring is 1. The van der Waals surface area contributed by atoms with Gasteiger partial charge in [-0.15, -0.1) is 0 Å². The van der Waals surface area contributed by atoms with E-state index in [-0.39, 0.29) is 5.95 Å². The molecule has 7 heteroatoms. The summed E-state index contributed by atoms with van der Waals surface area (Å²) in [6, 6.07) is 0. The zero-order valence-corrected chi connectivity index (χ0v) is 9.34. The minimum atomic E-state index is -0.843. The second-order valence-electron chi connectivity index (χ2n) is 3.70. The molecule has 5 N–H and O–H groups in total. The SMILES string of the molecule is CC(C)(O)CNc1nc(NN)ncc1Cl. The first-order valence-corrected chi connectivity index (χ1v) is 4.75. The Labute approximate surface area is 92.8 Å². The number of halogens is 1. The lowest BCUT2D eigenvalue weighted by molar-refractivity contribution is 0.0944. The zero-order chi connectivity index (χ0) is 11.5. The van der Waals surface area contributed by atoms with Gasteiger partial charge in [0.15, 0.2) is 5.82 Å². The summed E-state index contributed by atoms with van der Waals surface area (Å²) in [7, 11) is 0. The van der Waals surface area contributed by atoms with Crippen LogP contribution in [0, 0.1) is 0 Å². The van der Waals surface area contributed by atoms with E-state index in [1.807, 2.05) is 0 Å². The maximum atomic E-state index is 9.51. The quantitative estimate of drug-likeness (QED) is 0.448. The number of nitrogens with one attached hydrogen (secondary N) is 2. The number of rotatable bonds is 4. The fourth-order valence-electron chi connectivity index (χ4n) is 0.861. The lowest BCUT2D eigenvalue weighted by Crippen LogP contribution is -2.29. The molecule has 0 spiro atoms. The van der Waals surface area contributed by atoms with Gasteiger partial charge in [0.2, 0.25) is 5.95 Å². The monoisotopic (exact) mass is 231 g/mol. The highest BCUT2D eigenvalue weighted by Crippen LogP contribution is 2.19. The van der Waals surface area contributed by atoms with Gasteiger partial charge in [0.05, 0.1) is 11.8 Å². The van der Waals surface area contributed by atoms with Crippen molar-refractivity contribution in [1.29, 1.82) is 0 Å². The number of aliphatic hydroxyl groups is 1. The van der Waals surface area contributed by atoms with Crippen molar-refractivity contribution in [3.8, 4) is 0 Å². The average Bonchev–Trinajstić information content (AvgIpc) is 2.15. The molecule has 0 saturated heterocycles. The first-order valence-electron chi connectivity index (χ1n) is 4.38. The summed E-state index contributed by atoms with van der Waals surface area (Å²) >= 11 is 5.84. The van der Waals surface area contributed by atoms with Crippen molar-refractivity contribution in [1.82, 2.24) is 9.97 Å². The van der Waals surface area contributed by atoms with Gasteiger partial charge in [-0.25, -0.2) is 10.8 Å². The molecule has 1 rings (SSSR count). The van der Waals surface area contributed by atoms with Crippen molar-refractivity contribution in [3.05, 3.63) is 11.2 Å². The molecule has 0 bridgehead atoms. The topological polar surface area (TPSA) is 96.1 Å². The Morgan fingerprint density at radius 1 is 1.60 bits per heavy atom. The summed E-state index contributed by atoms with van der Waals surface area (Å²) in [5, 5.41) is 12.8. The molecule has 0 aliphatic carbocycles. The van der Waals surface area contributed by atoms with E-state index in [2.05, 4.69) is 20.7 Å². The third-order valence-corrected chi connectivity index (χ3v) is 1.84. The Hall–Kier alpha value is -1.11. The molecule has 1 aromatic rings. The van der Waals surface area contributed by atoms with Crippen molar-refractivity contribution < 1.29 is 5.11 Å². The Morgan fingerprint density at radius 2 is 2.27 bits per heavy atom. The third-order valence-electron chi connectivity index (χ3n) is 1.56. The van der Waals surface area contributed by atoms with E-state index in [4.69, 9.17) is 17.4 Å². The van der Waals surface area contributed by atoms with Crippen LogP contribution >= 0.6 is 11.6 Å². The van der Waals surface area contributed by atoms with Crippen LogP contribution in [0.2, 0.25) is 5.02 Å². The molecule has 0 aromatic carbocycles. The molecule has 84 valence electrons. The van der Waals surface area contributed by atoms with E-state index in [1.165, 1.54) is 6.20 Å². The number of aromatic nitrogens is 2. The molecule has 0 fully saturated rings. The molecule has 0 atom stereocenters. The van der Waals surface area contributed by atoms with E-state index < -0.39 is 5.60 Å². The molecule has 15 heavy (non-hydrogen) atoms. The van der Waals surface area contributed by atoms with Gasteiger partial charge in [0.1, 0.15) is 5.02 Å². The normalized spacial score (nSPS) is 11.3. The Bertz CT molecular complexity index is 338. The highest BCUT2D eigenvalue weighted by Gasteiger charge is 2.13. The molecule has 6 nitrogen and oxygen atoms in total. The van der Waals surface area contributed by atoms with Crippen LogP contribution in [0.1, 0.15) is 13.8 Å². The standard InChI is InChI=1S/C8H14ClN5O/c1-8(2,15)4-12-6-5(9)3-11-7(13-6)14-10/h3,15H,4,10H2,1-2H3,(H2,11,12,13,14). The van der Waals surface area contributed by atoms with E-state index in [1.54, 1.807) is 13.8 Å². The van der Waals surface area contributed by atoms with Gasteiger partial charge in [-0.05, 0) is 13.8 Å². The van der Waals surface area contributed by atoms with E-state index in [9.17, 15) is 5.11 Å². The van der Waals surface area contributed by atoms with Gasteiger partial charge in [0.25, 0.3) is 0 Å². The first kappa shape index (κ1) is 12.0. The van der Waals surface area contributed by atoms with Crippen LogP contribution in [-0.4, -0.2) is 27.2 Å². The fourth-order valence-corrected chi connectivity index (χ4v) is 1.02. The minimum Gasteiger partial charge on any atom is -0.389 e. The molecule has 1 aromatic heterocycles. The number of nitrogens with two attached hydrogens (primary N) is 1. The predicted molar refractivity (Wildman–Crippen MR) is 59.6 cm³/mol. The maximum Gasteiger partial charge on any atom is 0.239 e. The molecule has 0 unspecified atom stereocenters. The number of hydrazine groups is 1. The fraction of sp³-hybridized carbons (Fsp3) is 0.500. The lowest BCUT2D eigenvalue weighted by Gasteiger charge is -2.18. The Kier molecular flexibility index (Phi) is 3.67. The summed E-state index contributed by atoms with van der Waals surface area (Å²) in [5.41, 5.74) is 1.47. The molecule has 0 radical (unpaired) electrons. The van der Waals surface area contributed by atoms with E-state index in [0.29, 0.717) is 17.4 Å². The van der Waals surface area contributed by atoms with Crippen LogP contribution in [0.25, 0.3) is 0 Å². The number of nitrogens with zero attached hydrogens (tertiary/aromatic N) is 2. The van der Waals surface area contributed by atoms with Crippen molar-refractivity contribution in [2.45, 2.75) is 19.4 Å². The Balaban J connectivity index is 2.75.